The van der Waals surface area contributed by atoms with Crippen LogP contribution in [-0.2, 0) is 14.8 Å². The van der Waals surface area contributed by atoms with Gasteiger partial charge in [0.05, 0.1) is 28.2 Å². The molecule has 2 aromatic rings. The Hall–Kier alpha value is -3.08. The molecular formula is C22H23N3O6S. The molecule has 168 valence electrons. The van der Waals surface area contributed by atoms with Crippen LogP contribution in [0, 0.1) is 0 Å². The molecule has 2 aromatic carbocycles. The number of amides is 3. The van der Waals surface area contributed by atoms with Gasteiger partial charge in [-0.25, -0.2) is 8.42 Å². The van der Waals surface area contributed by atoms with Gasteiger partial charge in [-0.15, -0.1) is 0 Å². The molecule has 0 spiro atoms. The first-order chi connectivity index (χ1) is 15.1. The van der Waals surface area contributed by atoms with Crippen LogP contribution in [0.25, 0.3) is 0 Å². The molecule has 0 unspecified atom stereocenters. The fraction of sp³-hybridized carbons (Fsp3) is 0.318. The van der Waals surface area contributed by atoms with Gasteiger partial charge in [-0.05, 0) is 56.3 Å². The van der Waals surface area contributed by atoms with E-state index in [1.165, 1.54) is 47.8 Å². The average Bonchev–Trinajstić information content (AvgIpc) is 2.97. The van der Waals surface area contributed by atoms with Crippen LogP contribution in [0.2, 0.25) is 0 Å². The van der Waals surface area contributed by atoms with Gasteiger partial charge >= 0.3 is 0 Å². The molecule has 3 amide bonds. The summed E-state index contributed by atoms with van der Waals surface area (Å²) in [6.07, 6.45) is -0.402. The number of carbonyl (C=O) groups is 3. The van der Waals surface area contributed by atoms with E-state index < -0.39 is 21.8 Å². The smallest absolute Gasteiger partial charge is 0.261 e. The molecular weight excluding hydrogens is 434 g/mol. The maximum atomic E-state index is 12.9. The molecule has 9 nitrogen and oxygen atoms in total. The second-order valence-electron chi connectivity index (χ2n) is 7.99. The van der Waals surface area contributed by atoms with Crippen molar-refractivity contribution in [3.8, 4) is 0 Å². The third-order valence-electron chi connectivity index (χ3n) is 5.49. The molecule has 1 N–H and O–H groups in total. The van der Waals surface area contributed by atoms with Crippen molar-refractivity contribution in [3.63, 3.8) is 0 Å². The number of nitrogens with one attached hydrogen (secondary N) is 1. The molecule has 0 aromatic heterocycles. The Morgan fingerprint density at radius 2 is 1.56 bits per heavy atom. The molecule has 0 aliphatic carbocycles. The molecule has 2 heterocycles. The quantitative estimate of drug-likeness (QED) is 0.703. The van der Waals surface area contributed by atoms with Crippen molar-refractivity contribution in [1.29, 1.82) is 0 Å². The van der Waals surface area contributed by atoms with E-state index in [1.54, 1.807) is 6.07 Å². The Morgan fingerprint density at radius 1 is 0.969 bits per heavy atom. The highest BCUT2D eigenvalue weighted by Crippen LogP contribution is 2.25. The van der Waals surface area contributed by atoms with E-state index >= 15 is 0 Å². The van der Waals surface area contributed by atoms with Gasteiger partial charge in [0, 0.05) is 31.4 Å². The lowest BCUT2D eigenvalue weighted by atomic mass is 10.1. The Labute approximate surface area is 186 Å². The standard InChI is InChI=1S/C22H23N3O6S/c1-13-11-25(12-14(2)31-13)32(29,30)17-7-4-15(5-8-17)20(26)23-16-6-9-18-19(10-16)22(28)24(3)21(18)27/h4-10,13-14H,11-12H2,1-3H3,(H,23,26)/t13-,14-/m1/s1. The summed E-state index contributed by atoms with van der Waals surface area (Å²) < 4.78 is 32.9. The van der Waals surface area contributed by atoms with Crippen molar-refractivity contribution >= 4 is 33.4 Å². The third kappa shape index (κ3) is 3.92. The van der Waals surface area contributed by atoms with Gasteiger partial charge in [-0.1, -0.05) is 0 Å². The van der Waals surface area contributed by atoms with Crippen LogP contribution >= 0.6 is 0 Å². The zero-order chi connectivity index (χ0) is 23.2. The first kappa shape index (κ1) is 22.1. The molecule has 2 atom stereocenters. The first-order valence-electron chi connectivity index (χ1n) is 10.1. The minimum Gasteiger partial charge on any atom is -0.373 e. The van der Waals surface area contributed by atoms with Gasteiger partial charge in [0.1, 0.15) is 0 Å². The summed E-state index contributed by atoms with van der Waals surface area (Å²) >= 11 is 0. The summed E-state index contributed by atoms with van der Waals surface area (Å²) in [6, 6.07) is 10.2. The van der Waals surface area contributed by atoms with Gasteiger partial charge in [0.25, 0.3) is 17.7 Å². The Kier molecular flexibility index (Phi) is 5.61. The zero-order valence-electron chi connectivity index (χ0n) is 17.9. The summed E-state index contributed by atoms with van der Waals surface area (Å²) in [5, 5.41) is 2.67. The largest absolute Gasteiger partial charge is 0.373 e. The van der Waals surface area contributed by atoms with Crippen LogP contribution in [0.4, 0.5) is 5.69 Å². The molecule has 4 rings (SSSR count). The van der Waals surface area contributed by atoms with Gasteiger partial charge in [-0.3, -0.25) is 19.3 Å². The van der Waals surface area contributed by atoms with Crippen LogP contribution in [0.15, 0.2) is 47.4 Å². The van der Waals surface area contributed by atoms with Crippen LogP contribution < -0.4 is 5.32 Å². The van der Waals surface area contributed by atoms with Crippen LogP contribution in [0.3, 0.4) is 0 Å². The number of rotatable bonds is 4. The minimum absolute atomic E-state index is 0.0972. The SMILES string of the molecule is C[C@@H]1CN(S(=O)(=O)c2ccc(C(=O)Nc3ccc4c(c3)C(=O)N(C)C4=O)cc2)C[C@@H](C)O1. The van der Waals surface area contributed by atoms with Crippen LogP contribution in [-0.4, -0.2) is 67.7 Å². The van der Waals surface area contributed by atoms with Crippen molar-refractivity contribution in [1.82, 2.24) is 9.21 Å². The number of hydrogen-bond acceptors (Lipinski definition) is 6. The van der Waals surface area contributed by atoms with Gasteiger partial charge in [-0.2, -0.15) is 4.31 Å². The van der Waals surface area contributed by atoms with E-state index in [1.807, 2.05) is 13.8 Å². The maximum Gasteiger partial charge on any atom is 0.261 e. The van der Waals surface area contributed by atoms with Crippen LogP contribution in [0.5, 0.6) is 0 Å². The predicted molar refractivity (Wildman–Crippen MR) is 116 cm³/mol. The van der Waals surface area contributed by atoms with Gasteiger partial charge < -0.3 is 10.1 Å². The summed E-state index contributed by atoms with van der Waals surface area (Å²) in [6.45, 7) is 4.19. The average molecular weight is 458 g/mol. The lowest BCUT2D eigenvalue weighted by molar-refractivity contribution is -0.0440. The van der Waals surface area contributed by atoms with Crippen molar-refractivity contribution in [2.75, 3.05) is 25.5 Å². The fourth-order valence-electron chi connectivity index (χ4n) is 3.90. The molecule has 32 heavy (non-hydrogen) atoms. The number of hydrogen-bond donors (Lipinski definition) is 1. The molecule has 0 saturated carbocycles. The van der Waals surface area contributed by atoms with E-state index in [9.17, 15) is 22.8 Å². The second kappa shape index (κ2) is 8.12. The summed E-state index contributed by atoms with van der Waals surface area (Å²) in [5.41, 5.74) is 1.13. The number of ether oxygens (including phenoxy) is 1. The summed E-state index contributed by atoms with van der Waals surface area (Å²) in [7, 11) is -2.31. The number of anilines is 1. The van der Waals surface area contributed by atoms with E-state index in [4.69, 9.17) is 4.74 Å². The fourth-order valence-corrected chi connectivity index (χ4v) is 5.49. The highest BCUT2D eigenvalue weighted by Gasteiger charge is 2.33. The molecule has 1 saturated heterocycles. The molecule has 2 aliphatic rings. The van der Waals surface area contributed by atoms with E-state index in [-0.39, 0.29) is 52.8 Å². The normalized spacial score (nSPS) is 21.5. The van der Waals surface area contributed by atoms with Crippen molar-refractivity contribution in [2.45, 2.75) is 31.0 Å². The van der Waals surface area contributed by atoms with Crippen molar-refractivity contribution in [3.05, 3.63) is 59.2 Å². The predicted octanol–water partition coefficient (Wildman–Crippen LogP) is 1.96. The zero-order valence-corrected chi connectivity index (χ0v) is 18.7. The number of fused-ring (bicyclic) bond motifs is 1. The van der Waals surface area contributed by atoms with Gasteiger partial charge in [0.2, 0.25) is 10.0 Å². The monoisotopic (exact) mass is 457 g/mol. The van der Waals surface area contributed by atoms with E-state index in [2.05, 4.69) is 5.32 Å². The van der Waals surface area contributed by atoms with Crippen molar-refractivity contribution in [2.24, 2.45) is 0 Å². The lowest BCUT2D eigenvalue weighted by Gasteiger charge is -2.34. The molecule has 10 heteroatoms. The molecule has 1 fully saturated rings. The molecule has 0 bridgehead atoms. The Bertz CT molecular complexity index is 1200. The summed E-state index contributed by atoms with van der Waals surface area (Å²) in [4.78, 5) is 37.9. The molecule has 0 radical (unpaired) electrons. The second-order valence-corrected chi connectivity index (χ2v) is 9.93. The highest BCUT2D eigenvalue weighted by molar-refractivity contribution is 7.89. The van der Waals surface area contributed by atoms with Crippen molar-refractivity contribution < 1.29 is 27.5 Å². The third-order valence-corrected chi connectivity index (χ3v) is 7.33. The number of nitrogens with zero attached hydrogens (tertiary/aromatic N) is 2. The number of imide groups is 1. The van der Waals surface area contributed by atoms with E-state index in [0.717, 1.165) is 4.90 Å². The number of benzene rings is 2. The maximum absolute atomic E-state index is 12.9. The lowest BCUT2D eigenvalue weighted by Crippen LogP contribution is -2.48. The highest BCUT2D eigenvalue weighted by atomic mass is 32.2. The van der Waals surface area contributed by atoms with Gasteiger partial charge in [0.15, 0.2) is 0 Å². The van der Waals surface area contributed by atoms with E-state index in [0.29, 0.717) is 5.69 Å². The Balaban J connectivity index is 1.50. The number of carbonyl (C=O) groups excluding carboxylic acids is 3. The first-order valence-corrected chi connectivity index (χ1v) is 11.6. The minimum atomic E-state index is -3.71. The molecule has 2 aliphatic heterocycles. The number of sulfonamides is 1. The topological polar surface area (TPSA) is 113 Å². The number of morpholine rings is 1. The Morgan fingerprint density at radius 3 is 2.19 bits per heavy atom. The van der Waals surface area contributed by atoms with Crippen LogP contribution in [0.1, 0.15) is 44.9 Å². The summed E-state index contributed by atoms with van der Waals surface area (Å²) in [5.74, 6) is -1.28.